The van der Waals surface area contributed by atoms with E-state index in [0.717, 1.165) is 81.9 Å². The number of carbonyl (C=O) groups is 1. The van der Waals surface area contributed by atoms with Crippen LogP contribution >= 0.6 is 0 Å². The van der Waals surface area contributed by atoms with Crippen LogP contribution in [0.2, 0.25) is 0 Å². The summed E-state index contributed by atoms with van der Waals surface area (Å²) in [5.41, 5.74) is 3.47. The van der Waals surface area contributed by atoms with Gasteiger partial charge in [-0.3, -0.25) is 9.69 Å². The number of methoxy groups -OCH3 is 1. The molecule has 0 saturated carbocycles. The summed E-state index contributed by atoms with van der Waals surface area (Å²) in [6, 6.07) is 12.0. The predicted octanol–water partition coefficient (Wildman–Crippen LogP) is 4.58. The zero-order valence-corrected chi connectivity index (χ0v) is 20.0. The highest BCUT2D eigenvalue weighted by molar-refractivity contribution is 5.83. The highest BCUT2D eigenvalue weighted by atomic mass is 16.5. The number of rotatable bonds is 11. The van der Waals surface area contributed by atoms with Crippen LogP contribution in [0.3, 0.4) is 0 Å². The number of hydrogen-bond acceptors (Lipinski definition) is 6. The van der Waals surface area contributed by atoms with Crippen LogP contribution in [0, 0.1) is 0 Å². The minimum atomic E-state index is -0.270. The Morgan fingerprint density at radius 2 is 2.09 bits per heavy atom. The van der Waals surface area contributed by atoms with Gasteiger partial charge in [-0.25, -0.2) is 4.98 Å². The molecule has 4 rings (SSSR count). The van der Waals surface area contributed by atoms with Crippen LogP contribution in [-0.4, -0.2) is 55.1 Å². The van der Waals surface area contributed by atoms with Crippen molar-refractivity contribution in [3.8, 4) is 5.75 Å². The maximum absolute atomic E-state index is 12.5. The van der Waals surface area contributed by atoms with E-state index in [4.69, 9.17) is 14.5 Å². The number of aromatic nitrogens is 1. The standard InChI is InChI=1S/C27H37N3O3/c1-20(31)26(24-11-5-6-12-25(24)32-2)30-17-15-23(19-30)33-18-7-3-4-10-22-14-13-21-9-8-16-28-27(21)29-22/h5-6,11-14,23,26H,3-4,7-10,15-19H2,1-2H3,(H,28,29)/t23-,26-/m1/s1. The number of anilines is 1. The zero-order chi connectivity index (χ0) is 23.0. The molecule has 0 bridgehead atoms. The van der Waals surface area contributed by atoms with Crippen LogP contribution < -0.4 is 10.1 Å². The molecule has 1 N–H and O–H groups in total. The Morgan fingerprint density at radius 3 is 2.94 bits per heavy atom. The molecule has 0 radical (unpaired) electrons. The fourth-order valence-electron chi connectivity index (χ4n) is 5.03. The fraction of sp³-hybridized carbons (Fsp3) is 0.556. The number of para-hydroxylation sites is 1. The topological polar surface area (TPSA) is 63.7 Å². The molecule has 1 fully saturated rings. The number of fused-ring (bicyclic) bond motifs is 1. The van der Waals surface area contributed by atoms with E-state index in [1.165, 1.54) is 17.7 Å². The van der Waals surface area contributed by atoms with Crippen molar-refractivity contribution in [1.82, 2.24) is 9.88 Å². The number of benzene rings is 1. The summed E-state index contributed by atoms with van der Waals surface area (Å²) in [4.78, 5) is 19.5. The van der Waals surface area contributed by atoms with Crippen molar-refractivity contribution in [2.75, 3.05) is 38.7 Å². The third-order valence-corrected chi connectivity index (χ3v) is 6.74. The van der Waals surface area contributed by atoms with Gasteiger partial charge in [-0.15, -0.1) is 0 Å². The monoisotopic (exact) mass is 451 g/mol. The first-order valence-electron chi connectivity index (χ1n) is 12.4. The van der Waals surface area contributed by atoms with Gasteiger partial charge in [-0.05, 0) is 63.1 Å². The fourth-order valence-corrected chi connectivity index (χ4v) is 5.03. The molecule has 6 heteroatoms. The van der Waals surface area contributed by atoms with Gasteiger partial charge in [0.2, 0.25) is 0 Å². The first kappa shape index (κ1) is 23.7. The van der Waals surface area contributed by atoms with Crippen molar-refractivity contribution < 1.29 is 14.3 Å². The minimum Gasteiger partial charge on any atom is -0.496 e. The molecular formula is C27H37N3O3. The average Bonchev–Trinajstić information content (AvgIpc) is 3.29. The maximum Gasteiger partial charge on any atom is 0.151 e. The second kappa shape index (κ2) is 11.6. The molecule has 6 nitrogen and oxygen atoms in total. The maximum atomic E-state index is 12.5. The van der Waals surface area contributed by atoms with E-state index in [-0.39, 0.29) is 17.9 Å². The first-order chi connectivity index (χ1) is 16.2. The summed E-state index contributed by atoms with van der Waals surface area (Å²) in [6.45, 7) is 5.13. The number of Topliss-reactive ketones (excluding diaryl/α,β-unsaturated/α-hetero) is 1. The number of likely N-dealkylation sites (tertiary alicyclic amines) is 1. The first-order valence-corrected chi connectivity index (χ1v) is 12.4. The molecule has 2 aliphatic heterocycles. The Kier molecular flexibility index (Phi) is 8.35. The number of pyridine rings is 1. The van der Waals surface area contributed by atoms with E-state index in [0.29, 0.717) is 0 Å². The van der Waals surface area contributed by atoms with Crippen molar-refractivity contribution in [2.24, 2.45) is 0 Å². The highest BCUT2D eigenvalue weighted by Crippen LogP contribution is 2.33. The zero-order valence-electron chi connectivity index (χ0n) is 20.0. The van der Waals surface area contributed by atoms with Crippen LogP contribution in [0.15, 0.2) is 36.4 Å². The molecule has 2 atom stereocenters. The lowest BCUT2D eigenvalue weighted by molar-refractivity contribution is -0.122. The molecule has 3 heterocycles. The minimum absolute atomic E-state index is 0.145. The third kappa shape index (κ3) is 6.12. The SMILES string of the molecule is COc1ccccc1[C@@H](C(C)=O)N1CC[C@@H](OCCCCCc2ccc3c(n2)NCCC3)C1. The summed E-state index contributed by atoms with van der Waals surface area (Å²) >= 11 is 0. The number of ether oxygens (including phenoxy) is 2. The van der Waals surface area contributed by atoms with E-state index < -0.39 is 0 Å². The quantitative estimate of drug-likeness (QED) is 0.505. The van der Waals surface area contributed by atoms with Crippen LogP contribution in [0.25, 0.3) is 0 Å². The van der Waals surface area contributed by atoms with Gasteiger partial charge in [0, 0.05) is 37.5 Å². The number of nitrogens with zero attached hydrogens (tertiary/aromatic N) is 2. The van der Waals surface area contributed by atoms with Gasteiger partial charge in [-0.1, -0.05) is 30.7 Å². The second-order valence-electron chi connectivity index (χ2n) is 9.18. The molecule has 0 spiro atoms. The molecule has 0 amide bonds. The Bertz CT molecular complexity index is 933. The summed E-state index contributed by atoms with van der Waals surface area (Å²) in [7, 11) is 1.66. The molecular weight excluding hydrogens is 414 g/mol. The molecule has 1 aromatic carbocycles. The number of unbranched alkanes of at least 4 members (excludes halogenated alkanes) is 2. The normalized spacial score (nSPS) is 19.0. The molecule has 1 aromatic heterocycles. The van der Waals surface area contributed by atoms with Gasteiger partial charge in [0.05, 0.1) is 19.3 Å². The van der Waals surface area contributed by atoms with Crippen molar-refractivity contribution in [1.29, 1.82) is 0 Å². The summed E-state index contributed by atoms with van der Waals surface area (Å²) in [5, 5.41) is 3.42. The van der Waals surface area contributed by atoms with Gasteiger partial charge in [0.15, 0.2) is 5.78 Å². The average molecular weight is 452 g/mol. The molecule has 0 unspecified atom stereocenters. The van der Waals surface area contributed by atoms with Crippen molar-refractivity contribution >= 4 is 11.6 Å². The molecule has 0 aliphatic carbocycles. The molecule has 2 aliphatic rings. The van der Waals surface area contributed by atoms with Crippen LogP contribution in [0.1, 0.15) is 61.9 Å². The summed E-state index contributed by atoms with van der Waals surface area (Å²) in [6.07, 6.45) is 7.83. The Labute approximate surface area is 197 Å². The molecule has 33 heavy (non-hydrogen) atoms. The van der Waals surface area contributed by atoms with Gasteiger partial charge in [0.25, 0.3) is 0 Å². The number of aryl methyl sites for hydroxylation is 2. The van der Waals surface area contributed by atoms with Crippen LogP contribution in [0.5, 0.6) is 5.75 Å². The second-order valence-corrected chi connectivity index (χ2v) is 9.18. The summed E-state index contributed by atoms with van der Waals surface area (Å²) in [5.74, 6) is 2.00. The van der Waals surface area contributed by atoms with E-state index in [1.807, 2.05) is 24.3 Å². The highest BCUT2D eigenvalue weighted by Gasteiger charge is 2.33. The van der Waals surface area contributed by atoms with E-state index in [9.17, 15) is 4.79 Å². The van der Waals surface area contributed by atoms with Gasteiger partial charge in [-0.2, -0.15) is 0 Å². The predicted molar refractivity (Wildman–Crippen MR) is 131 cm³/mol. The summed E-state index contributed by atoms with van der Waals surface area (Å²) < 4.78 is 11.7. The lowest BCUT2D eigenvalue weighted by atomic mass is 10.0. The number of nitrogens with one attached hydrogen (secondary N) is 1. The lowest BCUT2D eigenvalue weighted by Gasteiger charge is -2.27. The van der Waals surface area contributed by atoms with Crippen molar-refractivity contribution in [2.45, 2.75) is 64.0 Å². The van der Waals surface area contributed by atoms with Crippen molar-refractivity contribution in [3.05, 3.63) is 53.2 Å². The third-order valence-electron chi connectivity index (χ3n) is 6.74. The Balaban J connectivity index is 1.18. The van der Waals surface area contributed by atoms with Crippen LogP contribution in [-0.2, 0) is 22.4 Å². The molecule has 178 valence electrons. The number of ketones is 1. The number of carbonyl (C=O) groups excluding carboxylic acids is 1. The molecule has 2 aromatic rings. The number of hydrogen-bond donors (Lipinski definition) is 1. The van der Waals surface area contributed by atoms with E-state index in [1.54, 1.807) is 14.0 Å². The molecule has 1 saturated heterocycles. The largest absolute Gasteiger partial charge is 0.496 e. The smallest absolute Gasteiger partial charge is 0.151 e. The van der Waals surface area contributed by atoms with Gasteiger partial charge < -0.3 is 14.8 Å². The van der Waals surface area contributed by atoms with Crippen LogP contribution in [0.4, 0.5) is 5.82 Å². The Hall–Kier alpha value is -2.44. The van der Waals surface area contributed by atoms with Crippen molar-refractivity contribution in [3.63, 3.8) is 0 Å². The lowest BCUT2D eigenvalue weighted by Crippen LogP contribution is -2.32. The Morgan fingerprint density at radius 1 is 1.21 bits per heavy atom. The van der Waals surface area contributed by atoms with E-state index in [2.05, 4.69) is 22.3 Å². The van der Waals surface area contributed by atoms with Gasteiger partial charge >= 0.3 is 0 Å². The van der Waals surface area contributed by atoms with Gasteiger partial charge in [0.1, 0.15) is 11.6 Å². The van der Waals surface area contributed by atoms with E-state index >= 15 is 0 Å².